The first-order chi connectivity index (χ1) is 19.6. The molecule has 5 N–H and O–H groups in total. The molecule has 2 aromatic heterocycles. The molecule has 0 aliphatic heterocycles. The molecule has 1 saturated carbocycles. The van der Waals surface area contributed by atoms with Crippen molar-refractivity contribution >= 4 is 31.0 Å². The average Bonchev–Trinajstić information content (AvgIpc) is 3.44. The number of rotatable bonds is 7. The number of anilines is 1. The van der Waals surface area contributed by atoms with Crippen LogP contribution in [0.4, 0.5) is 11.4 Å². The number of nitrogens with one attached hydrogen (secondary N) is 1. The van der Waals surface area contributed by atoms with Crippen LogP contribution in [0.2, 0.25) is 18.1 Å². The van der Waals surface area contributed by atoms with Crippen LogP contribution >= 0.6 is 0 Å². The monoisotopic (exact) mass is 582 g/mol. The first-order valence-electron chi connectivity index (χ1n) is 14.8. The molecule has 5 rings (SSSR count). The van der Waals surface area contributed by atoms with Crippen LogP contribution in [0.5, 0.6) is 5.75 Å². The third-order valence-corrected chi connectivity index (χ3v) is 14.3. The normalized spacial score (nSPS) is 21.1. The summed E-state index contributed by atoms with van der Waals surface area (Å²) in [5.41, 5.74) is 18.7. The smallest absolute Gasteiger partial charge is 0.250 e. The Kier molecular flexibility index (Phi) is 7.52. The Morgan fingerprint density at radius 3 is 2.31 bits per heavy atom. The van der Waals surface area contributed by atoms with Crippen LogP contribution in [0.3, 0.4) is 0 Å². The lowest BCUT2D eigenvalue weighted by Gasteiger charge is -2.39. The molecule has 2 unspecified atom stereocenters. The second-order valence-corrected chi connectivity index (χ2v) is 18.8. The number of aliphatic imine (C=N–C) groups is 1. The summed E-state index contributed by atoms with van der Waals surface area (Å²) in [6.45, 7) is 17.9. The van der Waals surface area contributed by atoms with Crippen LogP contribution in [0, 0.1) is 5.41 Å². The SMILES string of the molecule is CC1(N)CCC(Nc2c(C(N)=Nc3ccc(O[Si](C)(C)C(C)(C)C)cc3)cnn3cc(-c4ccccc4)cc23)C1(C)C. The van der Waals surface area contributed by atoms with E-state index in [4.69, 9.17) is 26.0 Å². The molecule has 7 nitrogen and oxygen atoms in total. The average molecular weight is 583 g/mol. The second-order valence-electron chi connectivity index (χ2n) is 14.1. The molecule has 2 aromatic carbocycles. The van der Waals surface area contributed by atoms with Gasteiger partial charge in [-0.25, -0.2) is 9.51 Å². The highest BCUT2D eigenvalue weighted by Gasteiger charge is 2.49. The van der Waals surface area contributed by atoms with E-state index in [0.29, 0.717) is 5.84 Å². The molecule has 0 radical (unpaired) electrons. The van der Waals surface area contributed by atoms with Gasteiger partial charge in [0, 0.05) is 28.8 Å². The van der Waals surface area contributed by atoms with E-state index in [-0.39, 0.29) is 22.0 Å². The van der Waals surface area contributed by atoms with Gasteiger partial charge in [-0.15, -0.1) is 0 Å². The Morgan fingerprint density at radius 2 is 1.71 bits per heavy atom. The maximum atomic E-state index is 6.75. The van der Waals surface area contributed by atoms with E-state index in [0.717, 1.165) is 52.2 Å². The molecular weight excluding hydrogens is 537 g/mol. The van der Waals surface area contributed by atoms with Gasteiger partial charge < -0.3 is 21.2 Å². The predicted molar refractivity (Wildman–Crippen MR) is 178 cm³/mol. The lowest BCUT2D eigenvalue weighted by molar-refractivity contribution is 0.215. The first kappa shape index (κ1) is 29.9. The number of fused-ring (bicyclic) bond motifs is 1. The van der Waals surface area contributed by atoms with E-state index in [1.165, 1.54) is 0 Å². The van der Waals surface area contributed by atoms with Crippen molar-refractivity contribution in [3.05, 3.63) is 78.6 Å². The standard InChI is InChI=1S/C34H46N6OSi/c1-32(2,3)42(7,8)41-26-16-14-25(15-17-26)38-31(35)27-21-37-40-22-24(23-12-10-9-11-13-23)20-28(40)30(27)39-29-18-19-34(6,36)33(29,4)5/h9-17,20-22,29,39H,18-19,36H2,1-8H3,(H2,35,38). The van der Waals surface area contributed by atoms with E-state index in [1.54, 1.807) is 0 Å². The minimum Gasteiger partial charge on any atom is -0.544 e. The van der Waals surface area contributed by atoms with Crippen LogP contribution in [0.1, 0.15) is 59.9 Å². The van der Waals surface area contributed by atoms with E-state index in [9.17, 15) is 0 Å². The van der Waals surface area contributed by atoms with Crippen LogP contribution < -0.4 is 21.2 Å². The van der Waals surface area contributed by atoms with Gasteiger partial charge in [0.15, 0.2) is 0 Å². The van der Waals surface area contributed by atoms with Gasteiger partial charge in [0.1, 0.15) is 11.6 Å². The van der Waals surface area contributed by atoms with E-state index < -0.39 is 8.32 Å². The van der Waals surface area contributed by atoms with Crippen LogP contribution in [-0.4, -0.2) is 35.3 Å². The summed E-state index contributed by atoms with van der Waals surface area (Å²) in [4.78, 5) is 4.82. The largest absolute Gasteiger partial charge is 0.544 e. The molecule has 0 amide bonds. The Labute approximate surface area is 251 Å². The molecule has 0 spiro atoms. The van der Waals surface area contributed by atoms with Crippen molar-refractivity contribution in [3.63, 3.8) is 0 Å². The third-order valence-electron chi connectivity index (χ3n) is 9.90. The molecule has 1 aliphatic carbocycles. The topological polar surface area (TPSA) is 103 Å². The van der Waals surface area contributed by atoms with E-state index >= 15 is 0 Å². The van der Waals surface area contributed by atoms with Gasteiger partial charge in [-0.05, 0) is 73.8 Å². The Bertz CT molecular complexity index is 1600. The summed E-state index contributed by atoms with van der Waals surface area (Å²) in [5.74, 6) is 1.26. The molecule has 0 bridgehead atoms. The fourth-order valence-electron chi connectivity index (χ4n) is 5.38. The molecule has 222 valence electrons. The zero-order chi connectivity index (χ0) is 30.5. The number of hydrogen-bond donors (Lipinski definition) is 3. The zero-order valence-electron chi connectivity index (χ0n) is 26.3. The number of aromatic nitrogens is 2. The fourth-order valence-corrected chi connectivity index (χ4v) is 6.41. The van der Waals surface area contributed by atoms with Gasteiger partial charge in [-0.2, -0.15) is 5.10 Å². The van der Waals surface area contributed by atoms with Crippen LogP contribution in [-0.2, 0) is 0 Å². The maximum Gasteiger partial charge on any atom is 0.250 e. The number of nitrogens with two attached hydrogens (primary N) is 2. The number of hydrogen-bond acceptors (Lipinski definition) is 5. The highest BCUT2D eigenvalue weighted by molar-refractivity contribution is 6.74. The number of nitrogens with zero attached hydrogens (tertiary/aromatic N) is 3. The van der Waals surface area contributed by atoms with Gasteiger partial charge in [0.25, 0.3) is 0 Å². The summed E-state index contributed by atoms with van der Waals surface area (Å²) >= 11 is 0. The van der Waals surface area contributed by atoms with Crippen LogP contribution in [0.25, 0.3) is 16.6 Å². The van der Waals surface area contributed by atoms with Crippen molar-refractivity contribution in [2.75, 3.05) is 5.32 Å². The predicted octanol–water partition coefficient (Wildman–Crippen LogP) is 7.74. The van der Waals surface area contributed by atoms with Gasteiger partial charge >= 0.3 is 0 Å². The molecule has 0 saturated heterocycles. The Hall–Kier alpha value is -3.62. The van der Waals surface area contributed by atoms with Crippen molar-refractivity contribution < 1.29 is 4.43 Å². The van der Waals surface area contributed by atoms with Crippen molar-refractivity contribution in [1.82, 2.24) is 9.61 Å². The summed E-state index contributed by atoms with van der Waals surface area (Å²) in [7, 11) is -1.93. The second kappa shape index (κ2) is 10.6. The van der Waals surface area contributed by atoms with Gasteiger partial charge in [0.05, 0.1) is 28.7 Å². The molecule has 2 atom stereocenters. The Balaban J connectivity index is 1.53. The zero-order valence-corrected chi connectivity index (χ0v) is 27.3. The Morgan fingerprint density at radius 1 is 1.05 bits per heavy atom. The summed E-state index contributed by atoms with van der Waals surface area (Å²) in [5, 5.41) is 8.73. The summed E-state index contributed by atoms with van der Waals surface area (Å²) in [6.07, 6.45) is 5.77. The minimum atomic E-state index is -1.93. The van der Waals surface area contributed by atoms with Crippen molar-refractivity contribution in [3.8, 4) is 16.9 Å². The van der Waals surface area contributed by atoms with Crippen molar-refractivity contribution in [2.45, 2.75) is 84.1 Å². The van der Waals surface area contributed by atoms with Crippen molar-refractivity contribution in [2.24, 2.45) is 21.9 Å². The molecule has 1 fully saturated rings. The lowest BCUT2D eigenvalue weighted by atomic mass is 9.75. The van der Waals surface area contributed by atoms with Crippen LogP contribution in [0.15, 0.2) is 78.0 Å². The van der Waals surface area contributed by atoms with Gasteiger partial charge in [-0.3, -0.25) is 0 Å². The fraction of sp³-hybridized carbons (Fsp3) is 0.412. The van der Waals surface area contributed by atoms with Gasteiger partial charge in [-0.1, -0.05) is 65.0 Å². The molecule has 2 heterocycles. The summed E-state index contributed by atoms with van der Waals surface area (Å²) in [6, 6.07) is 20.5. The van der Waals surface area contributed by atoms with Gasteiger partial charge in [0.2, 0.25) is 8.32 Å². The van der Waals surface area contributed by atoms with E-state index in [2.05, 4.69) is 84.3 Å². The minimum absolute atomic E-state index is 0.123. The quantitative estimate of drug-likeness (QED) is 0.117. The summed E-state index contributed by atoms with van der Waals surface area (Å²) < 4.78 is 8.37. The maximum absolute atomic E-state index is 6.75. The highest BCUT2D eigenvalue weighted by atomic mass is 28.4. The molecule has 8 heteroatoms. The molecule has 4 aromatic rings. The first-order valence-corrected chi connectivity index (χ1v) is 17.8. The number of amidine groups is 1. The highest BCUT2D eigenvalue weighted by Crippen LogP contribution is 2.46. The van der Waals surface area contributed by atoms with Crippen molar-refractivity contribution in [1.29, 1.82) is 0 Å². The lowest BCUT2D eigenvalue weighted by Crippen LogP contribution is -2.51. The van der Waals surface area contributed by atoms with E-state index in [1.807, 2.05) is 53.2 Å². The third kappa shape index (κ3) is 5.57. The molecule has 1 aliphatic rings. The molecular formula is C34H46N6OSi. The molecule has 42 heavy (non-hydrogen) atoms. The number of benzene rings is 2.